The average molecular weight is 394 g/mol. The molecular weight excluding hydrogens is 368 g/mol. The van der Waals surface area contributed by atoms with Gasteiger partial charge < -0.3 is 19.4 Å². The molecule has 1 N–H and O–H groups in total. The molecule has 7 nitrogen and oxygen atoms in total. The summed E-state index contributed by atoms with van der Waals surface area (Å²) in [5.74, 6) is 1.38. The number of amides is 1. The lowest BCUT2D eigenvalue weighted by atomic mass is 10.1. The van der Waals surface area contributed by atoms with E-state index < -0.39 is 0 Å². The molecule has 3 aromatic rings. The molecule has 0 fully saturated rings. The minimum atomic E-state index is -0.305. The molecule has 0 aliphatic heterocycles. The molecule has 0 atom stereocenters. The summed E-state index contributed by atoms with van der Waals surface area (Å²) in [7, 11) is 4.02. The Kier molecular flexibility index (Phi) is 5.67. The molecule has 0 unspecified atom stereocenters. The van der Waals surface area contributed by atoms with E-state index in [9.17, 15) is 4.79 Å². The maximum atomic E-state index is 12.4. The molecule has 1 amide bonds. The number of fused-ring (bicyclic) bond motifs is 1. The van der Waals surface area contributed by atoms with Crippen LogP contribution in [0.1, 0.15) is 33.9 Å². The van der Waals surface area contributed by atoms with Gasteiger partial charge in [0.2, 0.25) is 0 Å². The fourth-order valence-electron chi connectivity index (χ4n) is 3.42. The lowest BCUT2D eigenvalue weighted by Crippen LogP contribution is -2.18. The zero-order chi connectivity index (χ0) is 20.2. The number of rotatable bonds is 8. The highest BCUT2D eigenvalue weighted by molar-refractivity contribution is 6.02. The van der Waals surface area contributed by atoms with E-state index >= 15 is 0 Å². The summed E-state index contributed by atoms with van der Waals surface area (Å²) in [6.45, 7) is 1.92. The maximum Gasteiger partial charge on any atom is 0.291 e. The summed E-state index contributed by atoms with van der Waals surface area (Å²) < 4.78 is 13.3. The molecule has 2 heterocycles. The SMILES string of the molecule is CN(C)CCn1cc(NC(=O)c2ccc(COc3ccc4c(c3)CCC4)o2)cn1. The third-order valence-corrected chi connectivity index (χ3v) is 5.00. The second kappa shape index (κ2) is 8.53. The van der Waals surface area contributed by atoms with Gasteiger partial charge in [-0.1, -0.05) is 6.07 Å². The topological polar surface area (TPSA) is 72.5 Å². The summed E-state index contributed by atoms with van der Waals surface area (Å²) in [4.78, 5) is 14.5. The smallest absolute Gasteiger partial charge is 0.291 e. The van der Waals surface area contributed by atoms with Crippen LogP contribution < -0.4 is 10.1 Å². The number of carbonyl (C=O) groups is 1. The van der Waals surface area contributed by atoms with Crippen molar-refractivity contribution in [2.24, 2.45) is 0 Å². The lowest BCUT2D eigenvalue weighted by Gasteiger charge is -2.08. The van der Waals surface area contributed by atoms with Crippen LogP contribution in [0.5, 0.6) is 5.75 Å². The highest BCUT2D eigenvalue weighted by Gasteiger charge is 2.14. The van der Waals surface area contributed by atoms with Crippen LogP contribution in [0.25, 0.3) is 0 Å². The van der Waals surface area contributed by atoms with Gasteiger partial charge in [-0.3, -0.25) is 9.48 Å². The number of aryl methyl sites for hydroxylation is 2. The van der Waals surface area contributed by atoms with Crippen LogP contribution in [0.4, 0.5) is 5.69 Å². The standard InChI is InChI=1S/C22H26N4O3/c1-25(2)10-11-26-14-18(13-23-26)24-22(27)21-9-8-20(29-21)15-28-19-7-6-16-4-3-5-17(16)12-19/h6-9,12-14H,3-5,10-11,15H2,1-2H3,(H,24,27). The molecular formula is C22H26N4O3. The van der Waals surface area contributed by atoms with Crippen molar-refractivity contribution in [2.75, 3.05) is 26.0 Å². The molecule has 2 aromatic heterocycles. The van der Waals surface area contributed by atoms with E-state index in [1.165, 1.54) is 17.5 Å². The van der Waals surface area contributed by atoms with Crippen LogP contribution in [0.15, 0.2) is 47.1 Å². The van der Waals surface area contributed by atoms with Crippen LogP contribution in [0.2, 0.25) is 0 Å². The van der Waals surface area contributed by atoms with Crippen LogP contribution in [0, 0.1) is 0 Å². The molecule has 0 saturated heterocycles. The first kappa shape index (κ1) is 19.3. The van der Waals surface area contributed by atoms with E-state index in [2.05, 4.69) is 27.4 Å². The van der Waals surface area contributed by atoms with Gasteiger partial charge in [-0.2, -0.15) is 5.10 Å². The molecule has 0 bridgehead atoms. The largest absolute Gasteiger partial charge is 0.486 e. The second-order valence-corrected chi connectivity index (χ2v) is 7.59. The Morgan fingerprint density at radius 1 is 1.24 bits per heavy atom. The first-order valence-electron chi connectivity index (χ1n) is 9.89. The average Bonchev–Trinajstić information content (AvgIpc) is 3.44. The van der Waals surface area contributed by atoms with Crippen molar-refractivity contribution >= 4 is 11.6 Å². The molecule has 1 aliphatic rings. The molecule has 29 heavy (non-hydrogen) atoms. The van der Waals surface area contributed by atoms with Gasteiger partial charge in [-0.25, -0.2) is 0 Å². The number of hydrogen-bond donors (Lipinski definition) is 1. The number of carbonyl (C=O) groups excluding carboxylic acids is 1. The van der Waals surface area contributed by atoms with Gasteiger partial charge in [0.15, 0.2) is 5.76 Å². The molecule has 0 spiro atoms. The Morgan fingerprint density at radius 2 is 2.10 bits per heavy atom. The number of furan rings is 1. The fourth-order valence-corrected chi connectivity index (χ4v) is 3.42. The van der Waals surface area contributed by atoms with Crippen molar-refractivity contribution in [2.45, 2.75) is 32.4 Å². The van der Waals surface area contributed by atoms with Crippen LogP contribution >= 0.6 is 0 Å². The van der Waals surface area contributed by atoms with E-state index in [-0.39, 0.29) is 18.3 Å². The van der Waals surface area contributed by atoms with E-state index in [1.54, 1.807) is 23.0 Å². The number of anilines is 1. The molecule has 7 heteroatoms. The Bertz CT molecular complexity index is 990. The third kappa shape index (κ3) is 4.86. The molecule has 4 rings (SSSR count). The van der Waals surface area contributed by atoms with Crippen molar-refractivity contribution in [3.63, 3.8) is 0 Å². The predicted molar refractivity (Wildman–Crippen MR) is 110 cm³/mol. The Hall–Kier alpha value is -3.06. The molecule has 1 aromatic carbocycles. The monoisotopic (exact) mass is 394 g/mol. The van der Waals surface area contributed by atoms with Gasteiger partial charge in [0.25, 0.3) is 5.91 Å². The predicted octanol–water partition coefficient (Wildman–Crippen LogP) is 3.36. The number of likely N-dealkylation sites (N-methyl/N-ethyl adjacent to an activating group) is 1. The number of nitrogens with one attached hydrogen (secondary N) is 1. The Morgan fingerprint density at radius 3 is 2.97 bits per heavy atom. The van der Waals surface area contributed by atoms with Crippen molar-refractivity contribution in [1.82, 2.24) is 14.7 Å². The van der Waals surface area contributed by atoms with Crippen molar-refractivity contribution in [3.8, 4) is 5.75 Å². The van der Waals surface area contributed by atoms with E-state index in [0.29, 0.717) is 11.4 Å². The second-order valence-electron chi connectivity index (χ2n) is 7.59. The van der Waals surface area contributed by atoms with E-state index in [4.69, 9.17) is 9.15 Å². The molecule has 152 valence electrons. The van der Waals surface area contributed by atoms with Crippen LogP contribution in [-0.4, -0.2) is 41.2 Å². The number of aromatic nitrogens is 2. The van der Waals surface area contributed by atoms with Crippen molar-refractivity contribution in [3.05, 3.63) is 65.4 Å². The molecule has 1 aliphatic carbocycles. The fraction of sp³-hybridized carbons (Fsp3) is 0.364. The third-order valence-electron chi connectivity index (χ3n) is 5.00. The summed E-state index contributed by atoms with van der Waals surface area (Å²) >= 11 is 0. The summed E-state index contributed by atoms with van der Waals surface area (Å²) in [5, 5.41) is 7.06. The number of benzene rings is 1. The minimum absolute atomic E-state index is 0.249. The van der Waals surface area contributed by atoms with Crippen molar-refractivity contribution < 1.29 is 13.9 Å². The first-order valence-corrected chi connectivity index (χ1v) is 9.89. The summed E-state index contributed by atoms with van der Waals surface area (Å²) in [5.41, 5.74) is 3.42. The van der Waals surface area contributed by atoms with Gasteiger partial charge in [-0.05, 0) is 68.8 Å². The normalized spacial score (nSPS) is 12.9. The maximum absolute atomic E-state index is 12.4. The molecule has 0 saturated carbocycles. The summed E-state index contributed by atoms with van der Waals surface area (Å²) in [6, 6.07) is 9.66. The van der Waals surface area contributed by atoms with Gasteiger partial charge in [-0.15, -0.1) is 0 Å². The van der Waals surface area contributed by atoms with Gasteiger partial charge >= 0.3 is 0 Å². The highest BCUT2D eigenvalue weighted by atomic mass is 16.5. The van der Waals surface area contributed by atoms with E-state index in [0.717, 1.165) is 31.7 Å². The van der Waals surface area contributed by atoms with Gasteiger partial charge in [0.05, 0.1) is 18.4 Å². The zero-order valence-electron chi connectivity index (χ0n) is 16.9. The minimum Gasteiger partial charge on any atom is -0.486 e. The quantitative estimate of drug-likeness (QED) is 0.634. The Labute approximate surface area is 170 Å². The highest BCUT2D eigenvalue weighted by Crippen LogP contribution is 2.26. The van der Waals surface area contributed by atoms with Gasteiger partial charge in [0.1, 0.15) is 18.1 Å². The zero-order valence-corrected chi connectivity index (χ0v) is 16.9. The summed E-state index contributed by atoms with van der Waals surface area (Å²) in [6.07, 6.45) is 6.92. The number of nitrogens with zero attached hydrogens (tertiary/aromatic N) is 3. The first-order chi connectivity index (χ1) is 14.1. The van der Waals surface area contributed by atoms with Gasteiger partial charge in [0, 0.05) is 12.7 Å². The number of ether oxygens (including phenoxy) is 1. The van der Waals surface area contributed by atoms with Crippen LogP contribution in [0.3, 0.4) is 0 Å². The van der Waals surface area contributed by atoms with E-state index in [1.807, 2.05) is 26.4 Å². The molecule has 0 radical (unpaired) electrons. The Balaban J connectivity index is 1.31. The van der Waals surface area contributed by atoms with Crippen LogP contribution in [-0.2, 0) is 26.0 Å². The van der Waals surface area contributed by atoms with Crippen molar-refractivity contribution in [1.29, 1.82) is 0 Å². The number of hydrogen-bond acceptors (Lipinski definition) is 5. The lowest BCUT2D eigenvalue weighted by molar-refractivity contribution is 0.0992.